The first kappa shape index (κ1) is 18.8. The van der Waals surface area contributed by atoms with Gasteiger partial charge in [0.15, 0.2) is 5.76 Å². The Morgan fingerprint density at radius 2 is 1.92 bits per heavy atom. The Hall–Kier alpha value is -1.02. The second-order valence-corrected chi connectivity index (χ2v) is 9.45. The summed E-state index contributed by atoms with van der Waals surface area (Å²) in [4.78, 5) is 12.4. The Bertz CT molecular complexity index is 756. The number of aromatic nitrogens is 1. The number of rotatable bonds is 3. The van der Waals surface area contributed by atoms with E-state index >= 15 is 0 Å². The number of nitrogens with one attached hydrogen (secondary N) is 2. The molecule has 0 aliphatic carbocycles. The van der Waals surface area contributed by atoms with Gasteiger partial charge in [0.1, 0.15) is 11.4 Å². The number of benzene rings is 1. The molecule has 0 spiro atoms. The van der Waals surface area contributed by atoms with Gasteiger partial charge in [-0.15, -0.1) is 23.5 Å². The Balaban J connectivity index is 1.77. The van der Waals surface area contributed by atoms with E-state index < -0.39 is 0 Å². The van der Waals surface area contributed by atoms with E-state index in [2.05, 4.69) is 22.7 Å². The summed E-state index contributed by atoms with van der Waals surface area (Å²) in [6.07, 6.45) is 0. The molecule has 134 valence electrons. The minimum absolute atomic E-state index is 0.124. The third-order valence-electron chi connectivity index (χ3n) is 3.70. The fraction of sp³-hybridized carbons (Fsp3) is 0.375. The number of carbonyl (C=O) groups excluding carboxylic acids is 1. The molecule has 2 amide bonds. The van der Waals surface area contributed by atoms with Crippen LogP contribution in [0.5, 0.6) is 0 Å². The minimum atomic E-state index is -0.295. The lowest BCUT2D eigenvalue weighted by atomic mass is 10.1. The summed E-state index contributed by atoms with van der Waals surface area (Å²) in [6, 6.07) is 5.01. The summed E-state index contributed by atoms with van der Waals surface area (Å²) in [5, 5.41) is 10.7. The fourth-order valence-electron chi connectivity index (χ4n) is 2.43. The Labute approximate surface area is 164 Å². The molecule has 2 aromatic rings. The molecule has 0 atom stereocenters. The molecule has 1 fully saturated rings. The van der Waals surface area contributed by atoms with Crippen molar-refractivity contribution in [3.05, 3.63) is 34.0 Å². The molecule has 2 N–H and O–H groups in total. The van der Waals surface area contributed by atoms with Crippen LogP contribution in [-0.4, -0.2) is 33.3 Å². The molecule has 9 heteroatoms. The van der Waals surface area contributed by atoms with Gasteiger partial charge in [0.2, 0.25) is 0 Å². The van der Waals surface area contributed by atoms with Crippen molar-refractivity contribution in [2.45, 2.75) is 24.5 Å². The van der Waals surface area contributed by atoms with Crippen molar-refractivity contribution >= 4 is 58.4 Å². The number of amides is 2. The molecule has 1 aromatic carbocycles. The summed E-state index contributed by atoms with van der Waals surface area (Å²) < 4.78 is 5.81. The first-order valence-electron chi connectivity index (χ1n) is 7.67. The predicted octanol–water partition coefficient (Wildman–Crippen LogP) is 5.27. The van der Waals surface area contributed by atoms with Crippen molar-refractivity contribution in [2.75, 3.05) is 16.8 Å². The van der Waals surface area contributed by atoms with Gasteiger partial charge in [-0.1, -0.05) is 34.4 Å². The van der Waals surface area contributed by atoms with Crippen molar-refractivity contribution in [1.29, 1.82) is 0 Å². The van der Waals surface area contributed by atoms with E-state index in [-0.39, 0.29) is 12.1 Å². The van der Waals surface area contributed by atoms with Crippen LogP contribution in [-0.2, 0) is 0 Å². The van der Waals surface area contributed by atoms with Gasteiger partial charge in [0, 0.05) is 27.7 Å². The second kappa shape index (κ2) is 8.12. The normalized spacial score (nSPS) is 20.3. The highest BCUT2D eigenvalue weighted by atomic mass is 35.5. The lowest BCUT2D eigenvalue weighted by molar-refractivity contribution is 0.250. The molecule has 2 heterocycles. The van der Waals surface area contributed by atoms with E-state index in [1.807, 2.05) is 23.5 Å². The highest BCUT2D eigenvalue weighted by Gasteiger charge is 2.24. The van der Waals surface area contributed by atoms with Crippen LogP contribution in [0, 0.1) is 6.92 Å². The molecule has 0 bridgehead atoms. The van der Waals surface area contributed by atoms with Gasteiger partial charge in [0.25, 0.3) is 0 Å². The maximum Gasteiger partial charge on any atom is 0.319 e. The molecule has 25 heavy (non-hydrogen) atoms. The van der Waals surface area contributed by atoms with Crippen LogP contribution in [0.1, 0.15) is 12.7 Å². The van der Waals surface area contributed by atoms with Crippen LogP contribution < -0.4 is 10.6 Å². The number of carbonyl (C=O) groups is 1. The van der Waals surface area contributed by atoms with Crippen molar-refractivity contribution in [1.82, 2.24) is 10.5 Å². The smallest absolute Gasteiger partial charge is 0.319 e. The number of nitrogens with zero attached hydrogens (tertiary/aromatic N) is 1. The minimum Gasteiger partial charge on any atom is -0.359 e. The lowest BCUT2D eigenvalue weighted by Gasteiger charge is -2.26. The van der Waals surface area contributed by atoms with Gasteiger partial charge in [-0.25, -0.2) is 4.79 Å². The zero-order valence-corrected chi connectivity index (χ0v) is 16.8. The lowest BCUT2D eigenvalue weighted by Crippen LogP contribution is -2.43. The van der Waals surface area contributed by atoms with Gasteiger partial charge in [-0.05, 0) is 26.0 Å². The van der Waals surface area contributed by atoms with Crippen LogP contribution in [0.15, 0.2) is 22.7 Å². The van der Waals surface area contributed by atoms with E-state index in [9.17, 15) is 4.79 Å². The molecule has 3 rings (SSSR count). The molecule has 1 saturated heterocycles. The van der Waals surface area contributed by atoms with Crippen LogP contribution in [0.3, 0.4) is 0 Å². The number of halogens is 2. The third-order valence-corrected chi connectivity index (χ3v) is 7.28. The summed E-state index contributed by atoms with van der Waals surface area (Å²) in [7, 11) is 0. The first-order chi connectivity index (χ1) is 12.0. The largest absolute Gasteiger partial charge is 0.359 e. The maximum absolute atomic E-state index is 12.4. The monoisotopic (exact) mass is 417 g/mol. The molecule has 1 aliphatic heterocycles. The summed E-state index contributed by atoms with van der Waals surface area (Å²) in [5.41, 5.74) is 1.43. The number of anilines is 1. The molecule has 0 radical (unpaired) electrons. The zero-order chi connectivity index (χ0) is 18.0. The van der Waals surface area contributed by atoms with Gasteiger partial charge in [0.05, 0.1) is 10.0 Å². The van der Waals surface area contributed by atoms with Crippen molar-refractivity contribution in [2.24, 2.45) is 0 Å². The zero-order valence-electron chi connectivity index (χ0n) is 13.6. The van der Waals surface area contributed by atoms with E-state index in [1.165, 1.54) is 0 Å². The Kier molecular flexibility index (Phi) is 6.09. The van der Waals surface area contributed by atoms with Gasteiger partial charge in [-0.2, -0.15) is 0 Å². The highest BCUT2D eigenvalue weighted by molar-refractivity contribution is 8.17. The standard InChI is InChI=1S/C16H17Cl2N3O2S2/c1-8-14(20-16(22)19-10-6-24-9(2)25-7-10)15(21-23-8)13-11(17)4-3-5-12(13)18/h3-5,9-10H,6-7H2,1-2H3,(H2,19,20,22). The van der Waals surface area contributed by atoms with E-state index in [4.69, 9.17) is 27.7 Å². The summed E-state index contributed by atoms with van der Waals surface area (Å²) in [6.45, 7) is 3.90. The number of thioether (sulfide) groups is 2. The Morgan fingerprint density at radius 3 is 2.56 bits per heavy atom. The molecule has 5 nitrogen and oxygen atoms in total. The van der Waals surface area contributed by atoms with Gasteiger partial charge >= 0.3 is 6.03 Å². The molecule has 1 aliphatic rings. The van der Waals surface area contributed by atoms with Gasteiger partial charge in [-0.3, -0.25) is 0 Å². The quantitative estimate of drug-likeness (QED) is 0.711. The van der Waals surface area contributed by atoms with Crippen molar-refractivity contribution in [3.63, 3.8) is 0 Å². The predicted molar refractivity (Wildman–Crippen MR) is 107 cm³/mol. The molecule has 1 aromatic heterocycles. The summed E-state index contributed by atoms with van der Waals surface area (Å²) >= 11 is 16.2. The van der Waals surface area contributed by atoms with Crippen LogP contribution in [0.2, 0.25) is 10.0 Å². The fourth-order valence-corrected chi connectivity index (χ4v) is 5.42. The van der Waals surface area contributed by atoms with Crippen LogP contribution in [0.4, 0.5) is 10.5 Å². The van der Waals surface area contributed by atoms with Crippen LogP contribution >= 0.6 is 46.7 Å². The molecular formula is C16H17Cl2N3O2S2. The third kappa shape index (κ3) is 4.39. The van der Waals surface area contributed by atoms with E-state index in [0.717, 1.165) is 11.5 Å². The average Bonchev–Trinajstić information content (AvgIpc) is 2.91. The average molecular weight is 418 g/mol. The number of urea groups is 1. The second-order valence-electron chi connectivity index (χ2n) is 5.59. The number of hydrogen-bond acceptors (Lipinski definition) is 5. The SMILES string of the molecule is Cc1onc(-c2c(Cl)cccc2Cl)c1NC(=O)NC1CSC(C)SC1. The highest BCUT2D eigenvalue weighted by Crippen LogP contribution is 2.39. The topological polar surface area (TPSA) is 67.2 Å². The van der Waals surface area contributed by atoms with Crippen LogP contribution in [0.25, 0.3) is 11.3 Å². The molecule has 0 saturated carbocycles. The van der Waals surface area contributed by atoms with Gasteiger partial charge < -0.3 is 15.2 Å². The molecule has 0 unspecified atom stereocenters. The first-order valence-corrected chi connectivity index (χ1v) is 10.5. The maximum atomic E-state index is 12.4. The number of aryl methyl sites for hydroxylation is 1. The van der Waals surface area contributed by atoms with Crippen molar-refractivity contribution < 1.29 is 9.32 Å². The van der Waals surface area contributed by atoms with E-state index in [1.54, 1.807) is 25.1 Å². The van der Waals surface area contributed by atoms with Crippen molar-refractivity contribution in [3.8, 4) is 11.3 Å². The number of hydrogen-bond donors (Lipinski definition) is 2. The molecular weight excluding hydrogens is 401 g/mol. The Morgan fingerprint density at radius 1 is 1.28 bits per heavy atom. The van der Waals surface area contributed by atoms with E-state index in [0.29, 0.717) is 37.3 Å². The summed E-state index contributed by atoms with van der Waals surface area (Å²) in [5.74, 6) is 2.28.